The second-order valence-electron chi connectivity index (χ2n) is 3.68. The third-order valence-corrected chi connectivity index (χ3v) is 3.19. The van der Waals surface area contributed by atoms with Crippen molar-refractivity contribution in [3.63, 3.8) is 0 Å². The van der Waals surface area contributed by atoms with Gasteiger partial charge >= 0.3 is 0 Å². The molecule has 0 heterocycles. The van der Waals surface area contributed by atoms with Crippen molar-refractivity contribution in [3.05, 3.63) is 29.8 Å². The normalized spacial score (nSPS) is 12.4. The summed E-state index contributed by atoms with van der Waals surface area (Å²) in [6.45, 7) is 1.20. The van der Waals surface area contributed by atoms with Gasteiger partial charge in [-0.15, -0.1) is 0 Å². The van der Waals surface area contributed by atoms with Crippen molar-refractivity contribution in [2.75, 3.05) is 39.4 Å². The van der Waals surface area contributed by atoms with Gasteiger partial charge in [-0.05, 0) is 19.4 Å². The van der Waals surface area contributed by atoms with Crippen LogP contribution < -0.4 is 10.1 Å². The molecule has 4 heteroatoms. The van der Waals surface area contributed by atoms with E-state index in [2.05, 4.69) is 17.6 Å². The minimum atomic E-state index is 0.323. The lowest BCUT2D eigenvalue weighted by Gasteiger charge is -2.19. The van der Waals surface area contributed by atoms with E-state index < -0.39 is 0 Å². The second-order valence-corrected chi connectivity index (χ2v) is 4.59. The molecule has 0 bridgehead atoms. The molecule has 1 aromatic carbocycles. The highest BCUT2D eigenvalue weighted by atomic mass is 32.2. The fraction of sp³-hybridized carbons (Fsp3) is 0.538. The van der Waals surface area contributed by atoms with Crippen molar-refractivity contribution in [1.82, 2.24) is 5.32 Å². The van der Waals surface area contributed by atoms with Crippen LogP contribution in [0.4, 0.5) is 0 Å². The van der Waals surface area contributed by atoms with E-state index in [4.69, 9.17) is 9.47 Å². The fourth-order valence-corrected chi connectivity index (χ4v) is 2.31. The van der Waals surface area contributed by atoms with Crippen molar-refractivity contribution < 1.29 is 9.47 Å². The van der Waals surface area contributed by atoms with E-state index in [0.29, 0.717) is 19.3 Å². The molecule has 1 atom stereocenters. The highest BCUT2D eigenvalue weighted by Gasteiger charge is 2.13. The van der Waals surface area contributed by atoms with Gasteiger partial charge in [0.15, 0.2) is 0 Å². The van der Waals surface area contributed by atoms with Gasteiger partial charge < -0.3 is 14.8 Å². The van der Waals surface area contributed by atoms with Crippen LogP contribution in [0.3, 0.4) is 0 Å². The number of methoxy groups -OCH3 is 1. The molecule has 96 valence electrons. The monoisotopic (exact) mass is 255 g/mol. The summed E-state index contributed by atoms with van der Waals surface area (Å²) in [5.74, 6) is 1.97. The molecular formula is C13H21NO2S. The van der Waals surface area contributed by atoms with Crippen molar-refractivity contribution >= 4 is 11.8 Å². The van der Waals surface area contributed by atoms with E-state index in [-0.39, 0.29) is 0 Å². The molecule has 1 unspecified atom stereocenters. The summed E-state index contributed by atoms with van der Waals surface area (Å²) in [7, 11) is 3.66. The Morgan fingerprint density at radius 3 is 2.71 bits per heavy atom. The first-order chi connectivity index (χ1) is 8.33. The Bertz CT molecular complexity index is 320. The van der Waals surface area contributed by atoms with Crippen molar-refractivity contribution in [2.24, 2.45) is 0 Å². The topological polar surface area (TPSA) is 30.5 Å². The standard InChI is InChI=1S/C13H21NO2S/c1-14-12(10-17-3)11-6-4-5-7-13(11)16-9-8-15-2/h4-7,12,14H,8-10H2,1-3H3. The zero-order valence-corrected chi connectivity index (χ0v) is 11.5. The number of hydrogen-bond acceptors (Lipinski definition) is 4. The number of thioether (sulfide) groups is 1. The predicted octanol–water partition coefficient (Wildman–Crippen LogP) is 2.34. The van der Waals surface area contributed by atoms with E-state index >= 15 is 0 Å². The minimum absolute atomic E-state index is 0.323. The van der Waals surface area contributed by atoms with Crippen LogP contribution in [0.2, 0.25) is 0 Å². The van der Waals surface area contributed by atoms with Crippen LogP contribution >= 0.6 is 11.8 Å². The van der Waals surface area contributed by atoms with Gasteiger partial charge in [0, 0.05) is 24.5 Å². The van der Waals surface area contributed by atoms with Crippen LogP contribution in [0, 0.1) is 0 Å². The van der Waals surface area contributed by atoms with E-state index in [1.165, 1.54) is 5.56 Å². The van der Waals surface area contributed by atoms with Crippen LogP contribution in [0.15, 0.2) is 24.3 Å². The molecule has 0 amide bonds. The van der Waals surface area contributed by atoms with Crippen molar-refractivity contribution in [1.29, 1.82) is 0 Å². The molecular weight excluding hydrogens is 234 g/mol. The first-order valence-corrected chi connectivity index (χ1v) is 7.09. The Morgan fingerprint density at radius 1 is 1.29 bits per heavy atom. The number of nitrogens with one attached hydrogen (secondary N) is 1. The zero-order valence-electron chi connectivity index (χ0n) is 10.7. The average molecular weight is 255 g/mol. The van der Waals surface area contributed by atoms with Crippen molar-refractivity contribution in [3.8, 4) is 5.75 Å². The number of benzene rings is 1. The van der Waals surface area contributed by atoms with E-state index in [1.54, 1.807) is 7.11 Å². The van der Waals surface area contributed by atoms with Gasteiger partial charge in [0.05, 0.1) is 6.61 Å². The van der Waals surface area contributed by atoms with Gasteiger partial charge in [-0.3, -0.25) is 0 Å². The molecule has 3 nitrogen and oxygen atoms in total. The lowest BCUT2D eigenvalue weighted by molar-refractivity contribution is 0.145. The lowest BCUT2D eigenvalue weighted by atomic mass is 10.1. The largest absolute Gasteiger partial charge is 0.491 e. The molecule has 0 radical (unpaired) electrons. The number of ether oxygens (including phenoxy) is 2. The van der Waals surface area contributed by atoms with Crippen LogP contribution in [0.25, 0.3) is 0 Å². The molecule has 0 aromatic heterocycles. The molecule has 0 aliphatic carbocycles. The number of hydrogen-bond donors (Lipinski definition) is 1. The first-order valence-electron chi connectivity index (χ1n) is 5.70. The Kier molecular flexibility index (Phi) is 7.08. The van der Waals surface area contributed by atoms with Gasteiger partial charge in [0.2, 0.25) is 0 Å². The molecule has 0 spiro atoms. The molecule has 1 N–H and O–H groups in total. The van der Waals surface area contributed by atoms with Crippen LogP contribution in [-0.4, -0.2) is 39.4 Å². The molecule has 0 fully saturated rings. The quantitative estimate of drug-likeness (QED) is 0.722. The molecule has 0 saturated heterocycles. The number of para-hydroxylation sites is 1. The lowest BCUT2D eigenvalue weighted by Crippen LogP contribution is -2.20. The molecule has 0 saturated carbocycles. The molecule has 17 heavy (non-hydrogen) atoms. The van der Waals surface area contributed by atoms with Crippen molar-refractivity contribution in [2.45, 2.75) is 6.04 Å². The summed E-state index contributed by atoms with van der Waals surface area (Å²) in [5.41, 5.74) is 1.21. The Morgan fingerprint density at radius 2 is 2.06 bits per heavy atom. The predicted molar refractivity (Wildman–Crippen MR) is 74.0 cm³/mol. The van der Waals surface area contributed by atoms with Crippen LogP contribution in [-0.2, 0) is 4.74 Å². The Labute approximate surface area is 108 Å². The molecule has 0 aliphatic rings. The Balaban J connectivity index is 2.74. The van der Waals surface area contributed by atoms with Gasteiger partial charge in [0.25, 0.3) is 0 Å². The van der Waals surface area contributed by atoms with Gasteiger partial charge in [-0.1, -0.05) is 18.2 Å². The SMILES string of the molecule is CNC(CSC)c1ccccc1OCCOC. The van der Waals surface area contributed by atoms with Crippen LogP contribution in [0.5, 0.6) is 5.75 Å². The summed E-state index contributed by atoms with van der Waals surface area (Å²) in [6, 6.07) is 8.49. The summed E-state index contributed by atoms with van der Waals surface area (Å²) in [5, 5.41) is 3.32. The third kappa shape index (κ3) is 4.58. The maximum absolute atomic E-state index is 5.73. The molecule has 0 aliphatic heterocycles. The maximum Gasteiger partial charge on any atom is 0.124 e. The highest BCUT2D eigenvalue weighted by molar-refractivity contribution is 7.98. The zero-order chi connectivity index (χ0) is 12.5. The third-order valence-electron chi connectivity index (χ3n) is 2.52. The second kappa shape index (κ2) is 8.39. The maximum atomic E-state index is 5.73. The molecule has 1 rings (SSSR count). The average Bonchev–Trinajstić information content (AvgIpc) is 2.37. The minimum Gasteiger partial charge on any atom is -0.491 e. The van der Waals surface area contributed by atoms with E-state index in [9.17, 15) is 0 Å². The van der Waals surface area contributed by atoms with Gasteiger partial charge in [-0.25, -0.2) is 0 Å². The smallest absolute Gasteiger partial charge is 0.124 e. The highest BCUT2D eigenvalue weighted by Crippen LogP contribution is 2.26. The Hall–Kier alpha value is -0.710. The van der Waals surface area contributed by atoms with Gasteiger partial charge in [0.1, 0.15) is 12.4 Å². The van der Waals surface area contributed by atoms with Gasteiger partial charge in [-0.2, -0.15) is 11.8 Å². The van der Waals surface area contributed by atoms with E-state index in [0.717, 1.165) is 11.5 Å². The number of rotatable bonds is 8. The summed E-state index contributed by atoms with van der Waals surface area (Å²) < 4.78 is 10.7. The van der Waals surface area contributed by atoms with E-state index in [1.807, 2.05) is 37.0 Å². The summed E-state index contributed by atoms with van der Waals surface area (Å²) >= 11 is 1.82. The van der Waals surface area contributed by atoms with Crippen LogP contribution in [0.1, 0.15) is 11.6 Å². The fourth-order valence-electron chi connectivity index (χ4n) is 1.63. The summed E-state index contributed by atoms with van der Waals surface area (Å²) in [4.78, 5) is 0. The first kappa shape index (κ1) is 14.4. The molecule has 1 aromatic rings. The summed E-state index contributed by atoms with van der Waals surface area (Å²) in [6.07, 6.45) is 2.11.